The molecule has 3 nitrogen and oxygen atoms in total. The molecule has 0 bridgehead atoms. The van der Waals surface area contributed by atoms with E-state index in [1.54, 1.807) is 0 Å². The molecule has 0 atom stereocenters. The number of halogens is 1. The fourth-order valence-corrected chi connectivity index (χ4v) is 1.87. The summed E-state index contributed by atoms with van der Waals surface area (Å²) in [6, 6.07) is 11.5. The molecular weight excluding hydrogens is 246 g/mol. The van der Waals surface area contributed by atoms with Gasteiger partial charge in [-0.2, -0.15) is 0 Å². The Bertz CT molecular complexity index is 535. The Morgan fingerprint density at radius 1 is 0.833 bits per heavy atom. The van der Waals surface area contributed by atoms with Crippen LogP contribution in [0.15, 0.2) is 36.4 Å². The number of hydrogen-bond donors (Lipinski definition) is 3. The van der Waals surface area contributed by atoms with E-state index in [1.807, 2.05) is 43.3 Å². The number of hydrogen-bond acceptors (Lipinski definition) is 3. The van der Waals surface area contributed by atoms with Crippen LogP contribution in [0.3, 0.4) is 0 Å². The van der Waals surface area contributed by atoms with Gasteiger partial charge in [-0.1, -0.05) is 12.1 Å². The number of anilines is 3. The van der Waals surface area contributed by atoms with Crippen molar-refractivity contribution in [3.8, 4) is 0 Å². The molecule has 0 aliphatic carbocycles. The number of nitrogen functional groups attached to an aromatic ring is 3. The third-order valence-electron chi connectivity index (χ3n) is 3.04. The smallest absolute Gasteiger partial charge is 0.0354 e. The third kappa shape index (κ3) is 2.87. The van der Waals surface area contributed by atoms with Crippen LogP contribution < -0.4 is 17.2 Å². The molecule has 0 saturated heterocycles. The molecule has 2 rings (SSSR count). The first-order valence-corrected chi connectivity index (χ1v) is 5.56. The highest BCUT2D eigenvalue weighted by Crippen LogP contribution is 2.25. The summed E-state index contributed by atoms with van der Waals surface area (Å²) in [4.78, 5) is 0. The van der Waals surface area contributed by atoms with Gasteiger partial charge in [-0.3, -0.25) is 0 Å². The molecule has 4 heteroatoms. The Morgan fingerprint density at radius 3 is 2.00 bits per heavy atom. The van der Waals surface area contributed by atoms with Gasteiger partial charge in [-0.05, 0) is 54.3 Å². The zero-order chi connectivity index (χ0) is 12.4. The first-order chi connectivity index (χ1) is 8.08. The van der Waals surface area contributed by atoms with Crippen LogP contribution in [-0.4, -0.2) is 0 Å². The monoisotopic (exact) mass is 263 g/mol. The third-order valence-corrected chi connectivity index (χ3v) is 3.04. The van der Waals surface area contributed by atoms with Crippen LogP contribution in [0.4, 0.5) is 17.1 Å². The van der Waals surface area contributed by atoms with Crippen molar-refractivity contribution in [1.82, 2.24) is 0 Å². The second kappa shape index (κ2) is 5.65. The number of rotatable bonds is 2. The topological polar surface area (TPSA) is 78.1 Å². The molecule has 0 fully saturated rings. The number of nitrogens with two attached hydrogens (primary N) is 3. The van der Waals surface area contributed by atoms with E-state index >= 15 is 0 Å². The predicted octanol–water partition coefficient (Wildman–Crippen LogP) is 2.75. The summed E-state index contributed by atoms with van der Waals surface area (Å²) in [5.74, 6) is 0. The first-order valence-electron chi connectivity index (χ1n) is 5.56. The molecule has 18 heavy (non-hydrogen) atoms. The van der Waals surface area contributed by atoms with Gasteiger partial charge >= 0.3 is 0 Å². The van der Waals surface area contributed by atoms with Crippen LogP contribution in [0.2, 0.25) is 0 Å². The number of benzene rings is 2. The fraction of sp³-hybridized carbons (Fsp3) is 0.143. The van der Waals surface area contributed by atoms with Crippen LogP contribution in [0.25, 0.3) is 0 Å². The largest absolute Gasteiger partial charge is 0.399 e. The average Bonchev–Trinajstić information content (AvgIpc) is 2.32. The predicted molar refractivity (Wildman–Crippen MR) is 80.9 cm³/mol. The molecule has 0 amide bonds. The zero-order valence-corrected chi connectivity index (χ0v) is 11.1. The van der Waals surface area contributed by atoms with E-state index in [0.717, 1.165) is 34.6 Å². The van der Waals surface area contributed by atoms with Crippen molar-refractivity contribution in [1.29, 1.82) is 0 Å². The van der Waals surface area contributed by atoms with Crippen molar-refractivity contribution in [2.24, 2.45) is 0 Å². The summed E-state index contributed by atoms with van der Waals surface area (Å²) in [6.07, 6.45) is 0.781. The van der Waals surface area contributed by atoms with Crippen LogP contribution >= 0.6 is 12.4 Å². The maximum atomic E-state index is 5.99. The molecule has 0 unspecified atom stereocenters. The molecule has 0 aromatic heterocycles. The van der Waals surface area contributed by atoms with Crippen molar-refractivity contribution in [3.05, 3.63) is 53.1 Å². The van der Waals surface area contributed by atoms with Gasteiger partial charge in [0.05, 0.1) is 0 Å². The molecule has 0 radical (unpaired) electrons. The molecule has 0 aliphatic rings. The minimum absolute atomic E-state index is 0. The lowest BCUT2D eigenvalue weighted by atomic mass is 9.97. The van der Waals surface area contributed by atoms with Gasteiger partial charge in [-0.15, -0.1) is 12.4 Å². The highest BCUT2D eigenvalue weighted by molar-refractivity contribution is 5.85. The molecule has 0 aliphatic heterocycles. The summed E-state index contributed by atoms with van der Waals surface area (Å²) in [5, 5.41) is 0. The van der Waals surface area contributed by atoms with Gasteiger partial charge in [0, 0.05) is 17.1 Å². The molecule has 2 aromatic rings. The lowest BCUT2D eigenvalue weighted by Gasteiger charge is -2.12. The Hall–Kier alpha value is -1.87. The van der Waals surface area contributed by atoms with Crippen molar-refractivity contribution < 1.29 is 0 Å². The van der Waals surface area contributed by atoms with Crippen molar-refractivity contribution in [2.75, 3.05) is 17.2 Å². The van der Waals surface area contributed by atoms with Crippen LogP contribution in [0.1, 0.15) is 16.7 Å². The summed E-state index contributed by atoms with van der Waals surface area (Å²) in [5.41, 5.74) is 23.2. The van der Waals surface area contributed by atoms with Crippen LogP contribution in [0.5, 0.6) is 0 Å². The summed E-state index contributed by atoms with van der Waals surface area (Å²) in [6.45, 7) is 2.00. The SMILES string of the molecule is Cc1c(N)ccc(N)c1Cc1ccc(N)cc1.Cl. The zero-order valence-electron chi connectivity index (χ0n) is 10.3. The Kier molecular flexibility index (Phi) is 4.45. The van der Waals surface area contributed by atoms with E-state index in [0.29, 0.717) is 0 Å². The van der Waals surface area contributed by atoms with E-state index in [1.165, 1.54) is 5.56 Å². The summed E-state index contributed by atoms with van der Waals surface area (Å²) < 4.78 is 0. The quantitative estimate of drug-likeness (QED) is 0.729. The summed E-state index contributed by atoms with van der Waals surface area (Å²) >= 11 is 0. The normalized spacial score (nSPS) is 9.83. The van der Waals surface area contributed by atoms with E-state index in [-0.39, 0.29) is 12.4 Å². The van der Waals surface area contributed by atoms with Crippen molar-refractivity contribution in [2.45, 2.75) is 13.3 Å². The van der Waals surface area contributed by atoms with Gasteiger partial charge in [0.1, 0.15) is 0 Å². The Morgan fingerprint density at radius 2 is 1.39 bits per heavy atom. The Labute approximate surface area is 113 Å². The minimum atomic E-state index is 0. The standard InChI is InChI=1S/C14H17N3.ClH/c1-9-12(14(17)7-6-13(9)16)8-10-2-4-11(15)5-3-10;/h2-7H,8,15-17H2,1H3;1H. The van der Waals surface area contributed by atoms with Gasteiger partial charge < -0.3 is 17.2 Å². The van der Waals surface area contributed by atoms with E-state index in [2.05, 4.69) is 0 Å². The second-order valence-corrected chi connectivity index (χ2v) is 4.27. The molecule has 96 valence electrons. The minimum Gasteiger partial charge on any atom is -0.399 e. The molecule has 0 spiro atoms. The van der Waals surface area contributed by atoms with Crippen LogP contribution in [0, 0.1) is 6.92 Å². The summed E-state index contributed by atoms with van der Waals surface area (Å²) in [7, 11) is 0. The maximum absolute atomic E-state index is 5.99. The molecule has 2 aromatic carbocycles. The van der Waals surface area contributed by atoms with Gasteiger partial charge in [0.25, 0.3) is 0 Å². The van der Waals surface area contributed by atoms with Gasteiger partial charge in [0.15, 0.2) is 0 Å². The maximum Gasteiger partial charge on any atom is 0.0354 e. The Balaban J connectivity index is 0.00000162. The molecular formula is C14H18ClN3. The van der Waals surface area contributed by atoms with Crippen molar-refractivity contribution in [3.63, 3.8) is 0 Å². The molecule has 6 N–H and O–H groups in total. The average molecular weight is 264 g/mol. The van der Waals surface area contributed by atoms with E-state index < -0.39 is 0 Å². The molecule has 0 saturated carbocycles. The highest BCUT2D eigenvalue weighted by atomic mass is 35.5. The lowest BCUT2D eigenvalue weighted by molar-refractivity contribution is 1.16. The lowest BCUT2D eigenvalue weighted by Crippen LogP contribution is -2.02. The van der Waals surface area contributed by atoms with Gasteiger partial charge in [0.2, 0.25) is 0 Å². The highest BCUT2D eigenvalue weighted by Gasteiger charge is 2.07. The van der Waals surface area contributed by atoms with Crippen molar-refractivity contribution >= 4 is 29.5 Å². The van der Waals surface area contributed by atoms with E-state index in [4.69, 9.17) is 17.2 Å². The second-order valence-electron chi connectivity index (χ2n) is 4.27. The van der Waals surface area contributed by atoms with Crippen LogP contribution in [-0.2, 0) is 6.42 Å². The van der Waals surface area contributed by atoms with Gasteiger partial charge in [-0.25, -0.2) is 0 Å². The fourth-order valence-electron chi connectivity index (χ4n) is 1.87. The first kappa shape index (κ1) is 14.2. The molecule has 0 heterocycles. The van der Waals surface area contributed by atoms with E-state index in [9.17, 15) is 0 Å².